The number of terminal acetylenes is 2. The van der Waals surface area contributed by atoms with Crippen LogP contribution < -0.4 is 5.73 Å². The molecule has 150 valence electrons. The van der Waals surface area contributed by atoms with Crippen LogP contribution in [0.1, 0.15) is 34.7 Å². The van der Waals surface area contributed by atoms with Crippen molar-refractivity contribution in [2.75, 3.05) is 7.05 Å². The lowest BCUT2D eigenvalue weighted by molar-refractivity contribution is 0.0787. The van der Waals surface area contributed by atoms with Crippen LogP contribution in [0.2, 0.25) is 0 Å². The van der Waals surface area contributed by atoms with Gasteiger partial charge in [-0.3, -0.25) is 9.36 Å². The second kappa shape index (κ2) is 7.14. The Morgan fingerprint density at radius 3 is 2.77 bits per heavy atom. The summed E-state index contributed by atoms with van der Waals surface area (Å²) in [4.78, 5) is 22.9. The Morgan fingerprint density at radius 1 is 1.33 bits per heavy atom. The molecule has 0 aliphatic carbocycles. The van der Waals surface area contributed by atoms with Gasteiger partial charge in [0, 0.05) is 19.9 Å². The summed E-state index contributed by atoms with van der Waals surface area (Å²) in [7, 11) is 1.62. The lowest BCUT2D eigenvalue weighted by atomic mass is 9.92. The minimum atomic E-state index is -1.13. The van der Waals surface area contributed by atoms with Gasteiger partial charge in [0.15, 0.2) is 11.5 Å². The molecule has 2 aromatic heterocycles. The van der Waals surface area contributed by atoms with Crippen LogP contribution in [-0.2, 0) is 12.1 Å². The van der Waals surface area contributed by atoms with E-state index in [1.807, 2.05) is 0 Å². The SMILES string of the molecule is C#CCC(N)(CC#C)c1noc(-c2ncn3c2CN(C)C(=O)c2cc(F)ccc2-3)n1. The van der Waals surface area contributed by atoms with E-state index < -0.39 is 11.4 Å². The number of rotatable bonds is 4. The second-order valence-corrected chi connectivity index (χ2v) is 7.07. The average Bonchev–Trinajstić information content (AvgIpc) is 3.33. The molecule has 1 amide bonds. The summed E-state index contributed by atoms with van der Waals surface area (Å²) >= 11 is 0. The van der Waals surface area contributed by atoms with Gasteiger partial charge in [-0.15, -0.1) is 24.7 Å². The number of imidazole rings is 1. The van der Waals surface area contributed by atoms with Crippen molar-refractivity contribution < 1.29 is 13.7 Å². The van der Waals surface area contributed by atoms with E-state index in [-0.39, 0.29) is 42.6 Å². The largest absolute Gasteiger partial charge is 0.336 e. The Hall–Kier alpha value is -3.95. The smallest absolute Gasteiger partial charge is 0.278 e. The number of halogens is 1. The van der Waals surface area contributed by atoms with Crippen molar-refractivity contribution in [2.24, 2.45) is 5.73 Å². The molecule has 0 fully saturated rings. The highest BCUT2D eigenvalue weighted by molar-refractivity contribution is 5.98. The lowest BCUT2D eigenvalue weighted by Crippen LogP contribution is -2.37. The van der Waals surface area contributed by atoms with Gasteiger partial charge < -0.3 is 15.2 Å². The zero-order valence-corrected chi connectivity index (χ0v) is 16.1. The fourth-order valence-electron chi connectivity index (χ4n) is 3.41. The Kier molecular flexibility index (Phi) is 4.61. The third-order valence-corrected chi connectivity index (χ3v) is 4.96. The van der Waals surface area contributed by atoms with Crippen LogP contribution in [0.4, 0.5) is 4.39 Å². The van der Waals surface area contributed by atoms with Gasteiger partial charge in [-0.25, -0.2) is 9.37 Å². The molecular formula is C21H17FN6O2. The molecule has 1 aliphatic heterocycles. The van der Waals surface area contributed by atoms with Gasteiger partial charge in [-0.1, -0.05) is 5.16 Å². The maximum atomic E-state index is 13.7. The van der Waals surface area contributed by atoms with Crippen molar-refractivity contribution >= 4 is 5.91 Å². The Balaban J connectivity index is 1.82. The monoisotopic (exact) mass is 404 g/mol. The first kappa shape index (κ1) is 19.4. The quantitative estimate of drug-likeness (QED) is 0.666. The molecule has 1 aliphatic rings. The van der Waals surface area contributed by atoms with Crippen molar-refractivity contribution in [3.8, 4) is 42.0 Å². The maximum absolute atomic E-state index is 13.7. The molecule has 1 aromatic carbocycles. The van der Waals surface area contributed by atoms with Crippen LogP contribution in [0.15, 0.2) is 29.0 Å². The molecule has 30 heavy (non-hydrogen) atoms. The number of amides is 1. The van der Waals surface area contributed by atoms with Crippen molar-refractivity contribution in [3.63, 3.8) is 0 Å². The molecule has 4 rings (SSSR count). The summed E-state index contributed by atoms with van der Waals surface area (Å²) in [6.45, 7) is 0.199. The van der Waals surface area contributed by atoms with E-state index in [1.165, 1.54) is 29.4 Å². The Labute approximate surface area is 171 Å². The van der Waals surface area contributed by atoms with Crippen molar-refractivity contribution in [1.29, 1.82) is 0 Å². The number of aromatic nitrogens is 4. The first-order valence-electron chi connectivity index (χ1n) is 9.00. The van der Waals surface area contributed by atoms with Crippen molar-refractivity contribution in [2.45, 2.75) is 24.9 Å². The second-order valence-electron chi connectivity index (χ2n) is 7.07. The van der Waals surface area contributed by atoms with Gasteiger partial charge in [0.1, 0.15) is 17.7 Å². The Morgan fingerprint density at radius 2 is 2.07 bits per heavy atom. The zero-order chi connectivity index (χ0) is 21.5. The number of hydrogen-bond donors (Lipinski definition) is 1. The van der Waals surface area contributed by atoms with Gasteiger partial charge >= 0.3 is 0 Å². The molecule has 0 spiro atoms. The van der Waals surface area contributed by atoms with E-state index in [2.05, 4.69) is 27.0 Å². The minimum Gasteiger partial charge on any atom is -0.336 e. The van der Waals surface area contributed by atoms with Crippen LogP contribution >= 0.6 is 0 Å². The molecule has 0 bridgehead atoms. The number of carbonyl (C=O) groups excluding carboxylic acids is 1. The standard InChI is InChI=1S/C21H17FN6O2/c1-4-8-21(23,9-5-2)20-25-18(30-26-20)17-16-11-27(3)19(29)14-10-13(22)6-7-15(14)28(16)12-24-17/h1-2,6-7,10,12H,8-9,11,23H2,3H3. The first-order chi connectivity index (χ1) is 14.4. The summed E-state index contributed by atoms with van der Waals surface area (Å²) in [5.41, 5.74) is 6.93. The number of nitrogens with zero attached hydrogens (tertiary/aromatic N) is 5. The third-order valence-electron chi connectivity index (χ3n) is 4.96. The molecule has 8 nitrogen and oxygen atoms in total. The molecule has 3 heterocycles. The van der Waals surface area contributed by atoms with Gasteiger partial charge in [0.05, 0.1) is 23.5 Å². The number of nitrogens with two attached hydrogens (primary N) is 1. The molecule has 0 saturated carbocycles. The average molecular weight is 404 g/mol. The number of carbonyl (C=O) groups is 1. The number of benzene rings is 1. The molecule has 2 N–H and O–H groups in total. The lowest BCUT2D eigenvalue weighted by Gasteiger charge is -2.20. The molecule has 3 aromatic rings. The van der Waals surface area contributed by atoms with Crippen LogP contribution in [0.3, 0.4) is 0 Å². The van der Waals surface area contributed by atoms with E-state index in [4.69, 9.17) is 23.1 Å². The van der Waals surface area contributed by atoms with Crippen LogP contribution in [0.25, 0.3) is 17.3 Å². The molecular weight excluding hydrogens is 387 g/mol. The number of fused-ring (bicyclic) bond motifs is 3. The molecule has 0 saturated heterocycles. The van der Waals surface area contributed by atoms with Crippen LogP contribution in [0, 0.1) is 30.5 Å². The Bertz CT molecular complexity index is 1210. The van der Waals surface area contributed by atoms with E-state index in [0.717, 1.165) is 0 Å². The van der Waals surface area contributed by atoms with E-state index in [0.29, 0.717) is 17.1 Å². The summed E-state index contributed by atoms with van der Waals surface area (Å²) in [6, 6.07) is 4.02. The predicted octanol–water partition coefficient (Wildman–Crippen LogP) is 1.85. The minimum absolute atomic E-state index is 0.119. The van der Waals surface area contributed by atoms with Gasteiger partial charge in [-0.2, -0.15) is 4.98 Å². The summed E-state index contributed by atoms with van der Waals surface area (Å²) in [5.74, 6) is 4.45. The normalized spacial score (nSPS) is 13.2. The fourth-order valence-corrected chi connectivity index (χ4v) is 3.41. The highest BCUT2D eigenvalue weighted by atomic mass is 19.1. The summed E-state index contributed by atoms with van der Waals surface area (Å²) in [6.07, 6.45) is 12.6. The highest BCUT2D eigenvalue weighted by Crippen LogP contribution is 2.31. The predicted molar refractivity (Wildman–Crippen MR) is 105 cm³/mol. The molecule has 0 atom stereocenters. The highest BCUT2D eigenvalue weighted by Gasteiger charge is 2.34. The molecule has 0 unspecified atom stereocenters. The maximum Gasteiger partial charge on any atom is 0.278 e. The first-order valence-corrected chi connectivity index (χ1v) is 9.00. The summed E-state index contributed by atoms with van der Waals surface area (Å²) < 4.78 is 20.9. The van der Waals surface area contributed by atoms with Gasteiger partial charge in [-0.05, 0) is 18.2 Å². The number of hydrogen-bond acceptors (Lipinski definition) is 6. The van der Waals surface area contributed by atoms with Crippen LogP contribution in [-0.4, -0.2) is 37.5 Å². The zero-order valence-electron chi connectivity index (χ0n) is 16.1. The van der Waals surface area contributed by atoms with Crippen LogP contribution in [0.5, 0.6) is 0 Å². The summed E-state index contributed by atoms with van der Waals surface area (Å²) in [5, 5.41) is 3.96. The van der Waals surface area contributed by atoms with E-state index in [1.54, 1.807) is 11.6 Å². The molecule has 0 radical (unpaired) electrons. The third kappa shape index (κ3) is 3.02. The van der Waals surface area contributed by atoms with Crippen molar-refractivity contribution in [3.05, 3.63) is 47.4 Å². The molecule has 9 heteroatoms. The van der Waals surface area contributed by atoms with E-state index >= 15 is 0 Å². The van der Waals surface area contributed by atoms with Gasteiger partial charge in [0.2, 0.25) is 0 Å². The topological polar surface area (TPSA) is 103 Å². The van der Waals surface area contributed by atoms with Gasteiger partial charge in [0.25, 0.3) is 11.8 Å². The van der Waals surface area contributed by atoms with E-state index in [9.17, 15) is 9.18 Å². The van der Waals surface area contributed by atoms with Crippen molar-refractivity contribution in [1.82, 2.24) is 24.6 Å². The fraction of sp³-hybridized carbons (Fsp3) is 0.238.